The molecule has 0 radical (unpaired) electrons. The summed E-state index contributed by atoms with van der Waals surface area (Å²) in [5.41, 5.74) is 1.28. The Balaban J connectivity index is 2.00. The third kappa shape index (κ3) is 7.74. The molecule has 8 nitrogen and oxygen atoms in total. The van der Waals surface area contributed by atoms with Gasteiger partial charge in [-0.2, -0.15) is 0 Å². The van der Waals surface area contributed by atoms with Gasteiger partial charge in [-0.15, -0.1) is 0 Å². The smallest absolute Gasteiger partial charge is 0.264 e. The van der Waals surface area contributed by atoms with E-state index in [2.05, 4.69) is 5.32 Å². The Bertz CT molecular complexity index is 1330. The van der Waals surface area contributed by atoms with E-state index in [-0.39, 0.29) is 23.0 Å². The van der Waals surface area contributed by atoms with Crippen LogP contribution in [0.5, 0.6) is 5.75 Å². The number of likely N-dealkylation sites (N-methyl/N-ethyl adjacent to an activating group) is 1. The number of nitrogens with one attached hydrogen (secondary N) is 1. The Labute approximate surface area is 235 Å². The molecule has 3 rings (SSSR count). The van der Waals surface area contributed by atoms with Gasteiger partial charge in [0.05, 0.1) is 17.7 Å². The van der Waals surface area contributed by atoms with E-state index in [0.717, 1.165) is 9.87 Å². The standard InChI is InChI=1S/C29H34ClN3O5S/c1-4-27(29(35)31-5-2)32(20-19-22-9-7-6-8-10-22)28(34)21-33(24-13-11-23(30)12-14-24)39(36,37)26-17-15-25(38-3)16-18-26/h6-18,27H,4-5,19-21H2,1-3H3,(H,31,35)/t27-/m1/s1. The van der Waals surface area contributed by atoms with Crippen molar-refractivity contribution in [3.8, 4) is 5.75 Å². The van der Waals surface area contributed by atoms with E-state index < -0.39 is 28.5 Å². The van der Waals surface area contributed by atoms with Crippen LogP contribution in [0, 0.1) is 0 Å². The van der Waals surface area contributed by atoms with Crippen LogP contribution in [0.2, 0.25) is 5.02 Å². The highest BCUT2D eigenvalue weighted by atomic mass is 35.5. The number of sulfonamides is 1. The fourth-order valence-corrected chi connectivity index (χ4v) is 5.74. The Morgan fingerprint density at radius 1 is 0.949 bits per heavy atom. The molecule has 208 valence electrons. The minimum Gasteiger partial charge on any atom is -0.497 e. The molecule has 0 saturated carbocycles. The van der Waals surface area contributed by atoms with E-state index in [1.165, 1.54) is 24.1 Å². The second-order valence-corrected chi connectivity index (χ2v) is 11.1. The fourth-order valence-electron chi connectivity index (χ4n) is 4.20. The molecule has 1 N–H and O–H groups in total. The molecule has 0 aliphatic heterocycles. The van der Waals surface area contributed by atoms with Crippen molar-refractivity contribution < 1.29 is 22.7 Å². The van der Waals surface area contributed by atoms with Gasteiger partial charge < -0.3 is 15.0 Å². The molecule has 0 aromatic heterocycles. The van der Waals surface area contributed by atoms with E-state index in [4.69, 9.17) is 16.3 Å². The van der Waals surface area contributed by atoms with Crippen molar-refractivity contribution in [1.29, 1.82) is 0 Å². The molecule has 0 aliphatic carbocycles. The molecule has 3 aromatic rings. The molecule has 10 heteroatoms. The predicted octanol–water partition coefficient (Wildman–Crippen LogP) is 4.53. The van der Waals surface area contributed by atoms with Gasteiger partial charge in [0.25, 0.3) is 10.0 Å². The lowest BCUT2D eigenvalue weighted by atomic mass is 10.1. The van der Waals surface area contributed by atoms with E-state index in [1.807, 2.05) is 44.2 Å². The van der Waals surface area contributed by atoms with Crippen molar-refractivity contribution in [3.63, 3.8) is 0 Å². The van der Waals surface area contributed by atoms with Crippen molar-refractivity contribution in [2.75, 3.05) is 31.0 Å². The molecule has 39 heavy (non-hydrogen) atoms. The van der Waals surface area contributed by atoms with Crippen molar-refractivity contribution in [2.45, 2.75) is 37.6 Å². The molecule has 0 heterocycles. The second kappa shape index (κ2) is 14.0. The molecular formula is C29H34ClN3O5S. The Morgan fingerprint density at radius 2 is 1.59 bits per heavy atom. The van der Waals surface area contributed by atoms with E-state index in [0.29, 0.717) is 30.2 Å². The van der Waals surface area contributed by atoms with Crippen molar-refractivity contribution >= 4 is 39.1 Å². The minimum atomic E-state index is -4.16. The highest BCUT2D eigenvalue weighted by Gasteiger charge is 2.33. The summed E-state index contributed by atoms with van der Waals surface area (Å²) in [4.78, 5) is 28.3. The highest BCUT2D eigenvalue weighted by molar-refractivity contribution is 7.92. The zero-order valence-electron chi connectivity index (χ0n) is 22.3. The van der Waals surface area contributed by atoms with Crippen molar-refractivity contribution in [2.24, 2.45) is 0 Å². The predicted molar refractivity (Wildman–Crippen MR) is 154 cm³/mol. The summed E-state index contributed by atoms with van der Waals surface area (Å²) in [6.07, 6.45) is 0.882. The second-order valence-electron chi connectivity index (χ2n) is 8.80. The Hall–Kier alpha value is -3.56. The Morgan fingerprint density at radius 3 is 2.15 bits per heavy atom. The minimum absolute atomic E-state index is 0.00217. The van der Waals surface area contributed by atoms with Gasteiger partial charge in [-0.25, -0.2) is 8.42 Å². The number of hydrogen-bond acceptors (Lipinski definition) is 5. The van der Waals surface area contributed by atoms with Gasteiger partial charge in [0.2, 0.25) is 11.8 Å². The molecule has 0 unspecified atom stereocenters. The molecule has 0 fully saturated rings. The van der Waals surface area contributed by atoms with Gasteiger partial charge in [-0.3, -0.25) is 13.9 Å². The van der Waals surface area contributed by atoms with Crippen LogP contribution in [0.25, 0.3) is 0 Å². The number of methoxy groups -OCH3 is 1. The summed E-state index contributed by atoms with van der Waals surface area (Å²) >= 11 is 6.06. The molecule has 0 bridgehead atoms. The molecule has 0 saturated heterocycles. The van der Waals surface area contributed by atoms with E-state index in [9.17, 15) is 18.0 Å². The van der Waals surface area contributed by atoms with Crippen molar-refractivity contribution in [3.05, 3.63) is 89.4 Å². The van der Waals surface area contributed by atoms with Crippen LogP contribution in [0.4, 0.5) is 5.69 Å². The largest absolute Gasteiger partial charge is 0.497 e. The van der Waals surface area contributed by atoms with Gasteiger partial charge in [0.15, 0.2) is 0 Å². The van der Waals surface area contributed by atoms with Crippen LogP contribution in [0.15, 0.2) is 83.8 Å². The van der Waals surface area contributed by atoms with Gasteiger partial charge in [0, 0.05) is 18.1 Å². The summed E-state index contributed by atoms with van der Waals surface area (Å²) in [5, 5.41) is 3.23. The van der Waals surface area contributed by atoms with Crippen molar-refractivity contribution in [1.82, 2.24) is 10.2 Å². The summed E-state index contributed by atoms with van der Waals surface area (Å²) in [6.45, 7) is 3.80. The van der Waals surface area contributed by atoms with Crippen LogP contribution in [0.1, 0.15) is 25.8 Å². The SMILES string of the molecule is CCNC(=O)[C@@H](CC)N(CCc1ccccc1)C(=O)CN(c1ccc(Cl)cc1)S(=O)(=O)c1ccc(OC)cc1. The summed E-state index contributed by atoms with van der Waals surface area (Å²) in [7, 11) is -2.67. The number of hydrogen-bond donors (Lipinski definition) is 1. The summed E-state index contributed by atoms with van der Waals surface area (Å²) in [5.74, 6) is -0.267. The molecule has 1 atom stereocenters. The number of halogens is 1. The number of benzene rings is 3. The summed E-state index contributed by atoms with van der Waals surface area (Å²) in [6, 6.07) is 21.0. The summed E-state index contributed by atoms with van der Waals surface area (Å²) < 4.78 is 33.9. The Kier molecular flexibility index (Phi) is 10.8. The lowest BCUT2D eigenvalue weighted by Gasteiger charge is -2.33. The number of amides is 2. The molecule has 0 aliphatic rings. The number of carbonyl (C=O) groups is 2. The lowest BCUT2D eigenvalue weighted by molar-refractivity contribution is -0.139. The fraction of sp³-hybridized carbons (Fsp3) is 0.310. The maximum Gasteiger partial charge on any atom is 0.264 e. The highest BCUT2D eigenvalue weighted by Crippen LogP contribution is 2.27. The number of carbonyl (C=O) groups excluding carboxylic acids is 2. The van der Waals surface area contributed by atoms with E-state index in [1.54, 1.807) is 36.4 Å². The zero-order valence-corrected chi connectivity index (χ0v) is 23.9. The van der Waals surface area contributed by atoms with Gasteiger partial charge >= 0.3 is 0 Å². The van der Waals surface area contributed by atoms with Gasteiger partial charge in [0.1, 0.15) is 18.3 Å². The first kappa shape index (κ1) is 30.0. The topological polar surface area (TPSA) is 96.0 Å². The molecular weight excluding hydrogens is 538 g/mol. The van der Waals surface area contributed by atoms with Crippen LogP contribution >= 0.6 is 11.6 Å². The lowest BCUT2D eigenvalue weighted by Crippen LogP contribution is -2.53. The maximum absolute atomic E-state index is 13.9. The molecule has 0 spiro atoms. The van der Waals surface area contributed by atoms with Crippen LogP contribution in [0.3, 0.4) is 0 Å². The number of nitrogens with zero attached hydrogens (tertiary/aromatic N) is 2. The molecule has 3 aromatic carbocycles. The average Bonchev–Trinajstić information content (AvgIpc) is 2.95. The van der Waals surface area contributed by atoms with Crippen LogP contribution in [-0.2, 0) is 26.0 Å². The van der Waals surface area contributed by atoms with Crippen LogP contribution < -0.4 is 14.4 Å². The quantitative estimate of drug-likeness (QED) is 0.325. The molecule has 2 amide bonds. The number of anilines is 1. The number of ether oxygens (including phenoxy) is 1. The van der Waals surface area contributed by atoms with Crippen LogP contribution in [-0.4, -0.2) is 57.9 Å². The first-order valence-electron chi connectivity index (χ1n) is 12.7. The normalized spacial score (nSPS) is 11.9. The maximum atomic E-state index is 13.9. The third-order valence-electron chi connectivity index (χ3n) is 6.26. The monoisotopic (exact) mass is 571 g/mol. The third-order valence-corrected chi connectivity index (χ3v) is 8.30. The number of rotatable bonds is 13. The first-order chi connectivity index (χ1) is 18.7. The van der Waals surface area contributed by atoms with Gasteiger partial charge in [-0.1, -0.05) is 48.9 Å². The first-order valence-corrected chi connectivity index (χ1v) is 14.6. The zero-order chi connectivity index (χ0) is 28.4. The average molecular weight is 572 g/mol. The van der Waals surface area contributed by atoms with E-state index >= 15 is 0 Å². The van der Waals surface area contributed by atoms with Gasteiger partial charge in [-0.05, 0) is 73.9 Å².